The van der Waals surface area contributed by atoms with Crippen LogP contribution in [0.1, 0.15) is 37.3 Å². The molecule has 1 nitrogen and oxygen atoms in total. The lowest BCUT2D eigenvalue weighted by atomic mass is 10.1. The van der Waals surface area contributed by atoms with E-state index in [1.54, 1.807) is 0 Å². The van der Waals surface area contributed by atoms with Crippen LogP contribution in [0.3, 0.4) is 0 Å². The molecule has 0 aliphatic heterocycles. The first-order valence-electron chi connectivity index (χ1n) is 6.92. The molecule has 1 N–H and O–H groups in total. The second-order valence-electron chi connectivity index (χ2n) is 5.76. The van der Waals surface area contributed by atoms with Crippen LogP contribution in [0, 0.1) is 17.7 Å². The quantitative estimate of drug-likeness (QED) is 0.812. The van der Waals surface area contributed by atoms with Crippen LogP contribution >= 0.6 is 0 Å². The van der Waals surface area contributed by atoms with Gasteiger partial charge in [0.25, 0.3) is 0 Å². The van der Waals surface area contributed by atoms with Crippen LogP contribution in [0.5, 0.6) is 0 Å². The van der Waals surface area contributed by atoms with Gasteiger partial charge >= 0.3 is 6.18 Å². The summed E-state index contributed by atoms with van der Waals surface area (Å²) in [5.74, 6) is 0.472. The number of benzene rings is 1. The van der Waals surface area contributed by atoms with Crippen LogP contribution < -0.4 is 5.32 Å². The monoisotopic (exact) mass is 289 g/mol. The Balaban J connectivity index is 1.91. The fourth-order valence-corrected chi connectivity index (χ4v) is 2.85. The lowest BCUT2D eigenvalue weighted by Crippen LogP contribution is -2.21. The van der Waals surface area contributed by atoms with Gasteiger partial charge in [0.2, 0.25) is 0 Å². The van der Waals surface area contributed by atoms with Crippen molar-refractivity contribution < 1.29 is 17.6 Å². The molecule has 5 heteroatoms. The highest BCUT2D eigenvalue weighted by atomic mass is 19.4. The second kappa shape index (κ2) is 6.12. The molecule has 1 aliphatic rings. The fourth-order valence-electron chi connectivity index (χ4n) is 2.85. The molecular formula is C15H19F4N. The zero-order valence-electron chi connectivity index (χ0n) is 11.4. The molecule has 1 saturated carbocycles. The van der Waals surface area contributed by atoms with Crippen molar-refractivity contribution in [1.82, 2.24) is 5.32 Å². The van der Waals surface area contributed by atoms with E-state index in [0.29, 0.717) is 17.5 Å². The van der Waals surface area contributed by atoms with Crippen molar-refractivity contribution in [3.8, 4) is 0 Å². The molecule has 1 fully saturated rings. The van der Waals surface area contributed by atoms with Crippen molar-refractivity contribution in [1.29, 1.82) is 0 Å². The van der Waals surface area contributed by atoms with E-state index < -0.39 is 17.6 Å². The van der Waals surface area contributed by atoms with Crippen LogP contribution in [0.2, 0.25) is 0 Å². The van der Waals surface area contributed by atoms with Crippen molar-refractivity contribution in [2.24, 2.45) is 11.8 Å². The van der Waals surface area contributed by atoms with Crippen LogP contribution in [0.4, 0.5) is 17.6 Å². The predicted octanol–water partition coefficient (Wildman–Crippen LogP) is 4.37. The Kier molecular flexibility index (Phi) is 4.68. The summed E-state index contributed by atoms with van der Waals surface area (Å²) in [7, 11) is 0. The topological polar surface area (TPSA) is 12.0 Å². The molecule has 0 spiro atoms. The maximum Gasteiger partial charge on any atom is 0.416 e. The van der Waals surface area contributed by atoms with E-state index >= 15 is 0 Å². The van der Waals surface area contributed by atoms with Crippen LogP contribution in [-0.4, -0.2) is 6.54 Å². The highest BCUT2D eigenvalue weighted by Crippen LogP contribution is 2.31. The minimum absolute atomic E-state index is 0.270. The smallest absolute Gasteiger partial charge is 0.312 e. The maximum absolute atomic E-state index is 13.2. The second-order valence-corrected chi connectivity index (χ2v) is 5.76. The molecule has 0 heterocycles. The standard InChI is InChI=1S/C15H19F4N/c1-10-2-3-11(4-10)8-20-9-12-5-13(15(17,18)19)7-14(16)6-12/h5-7,10-11,20H,2-4,8-9H2,1H3. The van der Waals surface area contributed by atoms with Crippen molar-refractivity contribution in [2.45, 2.75) is 38.9 Å². The zero-order valence-corrected chi connectivity index (χ0v) is 11.4. The van der Waals surface area contributed by atoms with Gasteiger partial charge in [0.1, 0.15) is 5.82 Å². The molecule has 0 saturated heterocycles. The first-order chi connectivity index (χ1) is 9.34. The number of alkyl halides is 3. The highest BCUT2D eigenvalue weighted by Gasteiger charge is 2.31. The van der Waals surface area contributed by atoms with E-state index in [0.717, 1.165) is 37.4 Å². The van der Waals surface area contributed by atoms with Gasteiger partial charge in [-0.05, 0) is 55.0 Å². The van der Waals surface area contributed by atoms with E-state index in [4.69, 9.17) is 0 Å². The summed E-state index contributed by atoms with van der Waals surface area (Å²) in [5, 5.41) is 3.14. The summed E-state index contributed by atoms with van der Waals surface area (Å²) in [5.41, 5.74) is -0.591. The van der Waals surface area contributed by atoms with Gasteiger partial charge in [-0.2, -0.15) is 13.2 Å². The van der Waals surface area contributed by atoms with Gasteiger partial charge in [-0.1, -0.05) is 13.3 Å². The van der Waals surface area contributed by atoms with Gasteiger partial charge in [-0.25, -0.2) is 4.39 Å². The Bertz CT molecular complexity index is 456. The largest absolute Gasteiger partial charge is 0.416 e. The lowest BCUT2D eigenvalue weighted by Gasteiger charge is -2.13. The molecule has 0 amide bonds. The van der Waals surface area contributed by atoms with Gasteiger partial charge < -0.3 is 5.32 Å². The third-order valence-electron chi connectivity index (χ3n) is 3.85. The van der Waals surface area contributed by atoms with Gasteiger partial charge in [-0.3, -0.25) is 0 Å². The molecule has 1 aliphatic carbocycles. The van der Waals surface area contributed by atoms with E-state index in [-0.39, 0.29) is 6.54 Å². The van der Waals surface area contributed by atoms with Crippen molar-refractivity contribution in [3.05, 3.63) is 35.1 Å². The summed E-state index contributed by atoms with van der Waals surface area (Å²) < 4.78 is 50.9. The molecule has 2 atom stereocenters. The first kappa shape index (κ1) is 15.3. The highest BCUT2D eigenvalue weighted by molar-refractivity contribution is 5.26. The SMILES string of the molecule is CC1CCC(CNCc2cc(F)cc(C(F)(F)F)c2)C1. The summed E-state index contributed by atoms with van der Waals surface area (Å²) in [6.07, 6.45) is -0.975. The summed E-state index contributed by atoms with van der Waals surface area (Å²) >= 11 is 0. The van der Waals surface area contributed by atoms with Crippen molar-refractivity contribution >= 4 is 0 Å². The summed E-state index contributed by atoms with van der Waals surface area (Å²) in [6, 6.07) is 2.69. The van der Waals surface area contributed by atoms with Gasteiger partial charge in [-0.15, -0.1) is 0 Å². The Hall–Kier alpha value is -1.10. The molecule has 112 valence electrons. The van der Waals surface area contributed by atoms with Gasteiger partial charge in [0, 0.05) is 6.54 Å². The van der Waals surface area contributed by atoms with Crippen LogP contribution in [0.25, 0.3) is 0 Å². The van der Waals surface area contributed by atoms with E-state index in [9.17, 15) is 17.6 Å². The Morgan fingerprint density at radius 3 is 2.55 bits per heavy atom. The number of hydrogen-bond donors (Lipinski definition) is 1. The number of rotatable bonds is 4. The minimum atomic E-state index is -4.50. The molecule has 0 aromatic heterocycles. The molecule has 1 aromatic carbocycles. The van der Waals surface area contributed by atoms with Crippen LogP contribution in [0.15, 0.2) is 18.2 Å². The summed E-state index contributed by atoms with van der Waals surface area (Å²) in [6.45, 7) is 3.26. The molecule has 2 rings (SSSR count). The Morgan fingerprint density at radius 2 is 1.95 bits per heavy atom. The van der Waals surface area contributed by atoms with E-state index in [1.807, 2.05) is 0 Å². The zero-order chi connectivity index (χ0) is 14.8. The lowest BCUT2D eigenvalue weighted by molar-refractivity contribution is -0.137. The van der Waals surface area contributed by atoms with E-state index in [1.165, 1.54) is 6.42 Å². The first-order valence-corrected chi connectivity index (χ1v) is 6.92. The molecule has 0 radical (unpaired) electrons. The Morgan fingerprint density at radius 1 is 1.20 bits per heavy atom. The predicted molar refractivity (Wildman–Crippen MR) is 69.6 cm³/mol. The number of halogens is 4. The normalized spacial score (nSPS) is 23.2. The number of hydrogen-bond acceptors (Lipinski definition) is 1. The van der Waals surface area contributed by atoms with Gasteiger partial charge in [0.15, 0.2) is 0 Å². The minimum Gasteiger partial charge on any atom is -0.312 e. The summed E-state index contributed by atoms with van der Waals surface area (Å²) in [4.78, 5) is 0. The van der Waals surface area contributed by atoms with Crippen LogP contribution in [-0.2, 0) is 12.7 Å². The molecule has 1 aromatic rings. The molecule has 0 bridgehead atoms. The average molecular weight is 289 g/mol. The van der Waals surface area contributed by atoms with Crippen molar-refractivity contribution in [2.75, 3.05) is 6.54 Å². The number of nitrogens with one attached hydrogen (secondary N) is 1. The average Bonchev–Trinajstić information content (AvgIpc) is 2.73. The third-order valence-corrected chi connectivity index (χ3v) is 3.85. The van der Waals surface area contributed by atoms with Crippen molar-refractivity contribution in [3.63, 3.8) is 0 Å². The van der Waals surface area contributed by atoms with E-state index in [2.05, 4.69) is 12.2 Å². The molecular weight excluding hydrogens is 270 g/mol. The Labute approximate surface area is 116 Å². The van der Waals surface area contributed by atoms with Gasteiger partial charge in [0.05, 0.1) is 5.56 Å². The maximum atomic E-state index is 13.2. The molecule has 20 heavy (non-hydrogen) atoms. The third kappa shape index (κ3) is 4.20. The fraction of sp³-hybridized carbons (Fsp3) is 0.600. The molecule has 2 unspecified atom stereocenters.